The van der Waals surface area contributed by atoms with Crippen molar-refractivity contribution in [2.75, 3.05) is 0 Å². The van der Waals surface area contributed by atoms with E-state index in [0.29, 0.717) is 12.1 Å². The van der Waals surface area contributed by atoms with E-state index in [-0.39, 0.29) is 29.6 Å². The van der Waals surface area contributed by atoms with E-state index in [1.54, 1.807) is 4.68 Å². The quantitative estimate of drug-likeness (QED) is 0.459. The first-order valence-electron chi connectivity index (χ1n) is 6.27. The molecule has 0 fully saturated rings. The third-order valence-corrected chi connectivity index (χ3v) is 2.82. The molecule has 2 rings (SSSR count). The van der Waals surface area contributed by atoms with Gasteiger partial charge in [-0.1, -0.05) is 0 Å². The summed E-state index contributed by atoms with van der Waals surface area (Å²) in [4.78, 5) is 25.2. The van der Waals surface area contributed by atoms with Gasteiger partial charge in [0.25, 0.3) is 5.69 Å². The number of non-ortho nitro benzene ring substituents is 1. The van der Waals surface area contributed by atoms with E-state index in [1.165, 1.54) is 24.5 Å². The fraction of sp³-hybridized carbons (Fsp3) is 0.308. The summed E-state index contributed by atoms with van der Waals surface area (Å²) in [6, 6.07) is 4.00. The lowest BCUT2D eigenvalue weighted by Crippen LogP contribution is -2.11. The fourth-order valence-corrected chi connectivity index (χ4v) is 1.82. The van der Waals surface area contributed by atoms with Crippen LogP contribution >= 0.6 is 0 Å². The van der Waals surface area contributed by atoms with Gasteiger partial charge in [0.1, 0.15) is 18.7 Å². The van der Waals surface area contributed by atoms with Crippen molar-refractivity contribution in [2.45, 2.75) is 26.5 Å². The predicted octanol–water partition coefficient (Wildman–Crippen LogP) is 2.16. The largest absolute Gasteiger partial charge is 0.485 e. The zero-order chi connectivity index (χ0) is 15.4. The second-order valence-corrected chi connectivity index (χ2v) is 4.60. The zero-order valence-corrected chi connectivity index (χ0v) is 11.6. The van der Waals surface area contributed by atoms with Crippen LogP contribution in [0.25, 0.3) is 0 Å². The normalized spacial score (nSPS) is 10.6. The van der Waals surface area contributed by atoms with Crippen LogP contribution in [-0.4, -0.2) is 26.0 Å². The summed E-state index contributed by atoms with van der Waals surface area (Å²) in [5.74, 6) is 0.883. The van der Waals surface area contributed by atoms with Crippen LogP contribution in [0.4, 0.5) is 5.69 Å². The Morgan fingerprint density at radius 3 is 2.86 bits per heavy atom. The number of aldehydes is 1. The first-order chi connectivity index (χ1) is 10.0. The molecular weight excluding hydrogens is 276 g/mol. The number of nitrogens with zero attached hydrogens (tertiary/aromatic N) is 4. The van der Waals surface area contributed by atoms with Crippen LogP contribution in [0, 0.1) is 10.1 Å². The molecule has 110 valence electrons. The highest BCUT2D eigenvalue weighted by atomic mass is 16.6. The number of hydrogen-bond acceptors (Lipinski definition) is 6. The van der Waals surface area contributed by atoms with Gasteiger partial charge in [-0.05, 0) is 19.9 Å². The van der Waals surface area contributed by atoms with E-state index in [9.17, 15) is 14.9 Å². The summed E-state index contributed by atoms with van der Waals surface area (Å²) in [6.45, 7) is 4.04. The number of benzene rings is 1. The molecule has 0 atom stereocenters. The van der Waals surface area contributed by atoms with Crippen molar-refractivity contribution in [3.05, 3.63) is 46.0 Å². The van der Waals surface area contributed by atoms with Gasteiger partial charge in [-0.3, -0.25) is 14.9 Å². The van der Waals surface area contributed by atoms with Crippen molar-refractivity contribution >= 4 is 12.0 Å². The monoisotopic (exact) mass is 290 g/mol. The summed E-state index contributed by atoms with van der Waals surface area (Å²) in [7, 11) is 0. The minimum atomic E-state index is -0.563. The molecule has 21 heavy (non-hydrogen) atoms. The Balaban J connectivity index is 2.18. The van der Waals surface area contributed by atoms with Crippen LogP contribution in [0.15, 0.2) is 24.5 Å². The van der Waals surface area contributed by atoms with Crippen molar-refractivity contribution in [1.82, 2.24) is 14.8 Å². The highest BCUT2D eigenvalue weighted by molar-refractivity contribution is 5.80. The second kappa shape index (κ2) is 6.12. The Labute approximate surface area is 120 Å². The number of carbonyl (C=O) groups is 1. The lowest BCUT2D eigenvalue weighted by atomic mass is 10.2. The van der Waals surface area contributed by atoms with Gasteiger partial charge in [-0.2, -0.15) is 5.10 Å². The molecule has 0 radical (unpaired) electrons. The number of nitro benzene ring substituents is 1. The average molecular weight is 290 g/mol. The van der Waals surface area contributed by atoms with E-state index in [1.807, 2.05) is 13.8 Å². The molecule has 0 N–H and O–H groups in total. The molecule has 2 aromatic rings. The van der Waals surface area contributed by atoms with Crippen molar-refractivity contribution < 1.29 is 14.5 Å². The molecule has 0 aliphatic heterocycles. The van der Waals surface area contributed by atoms with Gasteiger partial charge in [0, 0.05) is 18.2 Å². The lowest BCUT2D eigenvalue weighted by molar-refractivity contribution is -0.384. The van der Waals surface area contributed by atoms with Crippen LogP contribution in [-0.2, 0) is 6.61 Å². The highest BCUT2D eigenvalue weighted by Gasteiger charge is 2.13. The minimum absolute atomic E-state index is 0.122. The van der Waals surface area contributed by atoms with E-state index >= 15 is 0 Å². The molecule has 0 bridgehead atoms. The molecule has 8 nitrogen and oxygen atoms in total. The minimum Gasteiger partial charge on any atom is -0.485 e. The van der Waals surface area contributed by atoms with Gasteiger partial charge in [0.05, 0.1) is 10.5 Å². The molecule has 0 saturated carbocycles. The summed E-state index contributed by atoms with van der Waals surface area (Å²) in [6.07, 6.45) is 1.95. The SMILES string of the molecule is CC(C)n1ncnc1COc1ccc([N+](=O)[O-])cc1C=O. The van der Waals surface area contributed by atoms with E-state index < -0.39 is 4.92 Å². The number of rotatable bonds is 6. The van der Waals surface area contributed by atoms with Gasteiger partial charge in [-0.15, -0.1) is 0 Å². The first-order valence-corrected chi connectivity index (χ1v) is 6.27. The number of carbonyl (C=O) groups excluding carboxylic acids is 1. The number of ether oxygens (including phenoxy) is 1. The third-order valence-electron chi connectivity index (χ3n) is 2.82. The molecule has 0 unspecified atom stereocenters. The van der Waals surface area contributed by atoms with Crippen LogP contribution in [0.3, 0.4) is 0 Å². The Morgan fingerprint density at radius 1 is 1.48 bits per heavy atom. The van der Waals surface area contributed by atoms with Crippen LogP contribution in [0.2, 0.25) is 0 Å². The maximum Gasteiger partial charge on any atom is 0.270 e. The molecule has 0 spiro atoms. The average Bonchev–Trinajstić information content (AvgIpc) is 2.93. The summed E-state index contributed by atoms with van der Waals surface area (Å²) in [5.41, 5.74) is -0.0328. The van der Waals surface area contributed by atoms with Crippen molar-refractivity contribution in [2.24, 2.45) is 0 Å². The Hall–Kier alpha value is -2.77. The van der Waals surface area contributed by atoms with Crippen molar-refractivity contribution in [3.8, 4) is 5.75 Å². The summed E-state index contributed by atoms with van der Waals surface area (Å²) in [5, 5.41) is 14.7. The predicted molar refractivity (Wildman–Crippen MR) is 73.2 cm³/mol. The molecule has 8 heteroatoms. The topological polar surface area (TPSA) is 100 Å². The standard InChI is InChI=1S/C13H14N4O4/c1-9(2)16-13(14-8-15-16)7-21-12-4-3-11(17(19)20)5-10(12)6-18/h3-6,8-9H,7H2,1-2H3. The van der Waals surface area contributed by atoms with Crippen LogP contribution < -0.4 is 4.74 Å². The maximum absolute atomic E-state index is 11.0. The lowest BCUT2D eigenvalue weighted by Gasteiger charge is -2.11. The van der Waals surface area contributed by atoms with E-state index in [4.69, 9.17) is 4.74 Å². The summed E-state index contributed by atoms with van der Waals surface area (Å²) < 4.78 is 7.22. The van der Waals surface area contributed by atoms with Gasteiger partial charge in [-0.25, -0.2) is 9.67 Å². The van der Waals surface area contributed by atoms with Gasteiger partial charge in [0.2, 0.25) is 0 Å². The van der Waals surface area contributed by atoms with Gasteiger partial charge < -0.3 is 4.74 Å². The highest BCUT2D eigenvalue weighted by Crippen LogP contribution is 2.23. The molecule has 0 aliphatic carbocycles. The van der Waals surface area contributed by atoms with Crippen molar-refractivity contribution in [3.63, 3.8) is 0 Å². The van der Waals surface area contributed by atoms with E-state index in [2.05, 4.69) is 10.1 Å². The number of aromatic nitrogens is 3. The fourth-order valence-electron chi connectivity index (χ4n) is 1.82. The summed E-state index contributed by atoms with van der Waals surface area (Å²) >= 11 is 0. The molecule has 1 aromatic heterocycles. The number of hydrogen-bond donors (Lipinski definition) is 0. The first kappa shape index (κ1) is 14.6. The van der Waals surface area contributed by atoms with Crippen LogP contribution in [0.5, 0.6) is 5.75 Å². The van der Waals surface area contributed by atoms with E-state index in [0.717, 1.165) is 0 Å². The second-order valence-electron chi connectivity index (χ2n) is 4.60. The maximum atomic E-state index is 11.0. The van der Waals surface area contributed by atoms with Gasteiger partial charge >= 0.3 is 0 Å². The smallest absolute Gasteiger partial charge is 0.270 e. The molecular formula is C13H14N4O4. The number of nitro groups is 1. The molecule has 0 aliphatic rings. The van der Waals surface area contributed by atoms with Crippen molar-refractivity contribution in [1.29, 1.82) is 0 Å². The van der Waals surface area contributed by atoms with Gasteiger partial charge in [0.15, 0.2) is 12.1 Å². The molecule has 1 heterocycles. The molecule has 0 amide bonds. The zero-order valence-electron chi connectivity index (χ0n) is 11.6. The Morgan fingerprint density at radius 2 is 2.24 bits per heavy atom. The Bertz CT molecular complexity index is 666. The molecule has 0 saturated heterocycles. The van der Waals surface area contributed by atoms with Crippen LogP contribution in [0.1, 0.15) is 36.1 Å². The third kappa shape index (κ3) is 3.22. The molecule has 1 aromatic carbocycles. The Kier molecular flexibility index (Phi) is 4.27.